The van der Waals surface area contributed by atoms with E-state index in [1.165, 1.54) is 0 Å². The van der Waals surface area contributed by atoms with Crippen LogP contribution in [0, 0.1) is 0 Å². The molecule has 0 bridgehead atoms. The highest BCUT2D eigenvalue weighted by atomic mass is 16.7. The second-order valence-corrected chi connectivity index (χ2v) is 8.17. The van der Waals surface area contributed by atoms with Crippen LogP contribution < -0.4 is 0 Å². The lowest BCUT2D eigenvalue weighted by atomic mass is 10.0. The largest absolute Gasteiger partial charge is 0.375 e. The van der Waals surface area contributed by atoms with Crippen molar-refractivity contribution in [2.45, 2.75) is 90.3 Å². The smallest absolute Gasteiger partial charge is 0.333 e. The van der Waals surface area contributed by atoms with Crippen molar-refractivity contribution < 1.29 is 33.5 Å². The predicted octanol–water partition coefficient (Wildman–Crippen LogP) is 2.72. The SMILES string of the molecule is CC(C)(CCCC(=O)ON1C(=O)CCC1=O)OCCC(C)(C)OCCCC=O. The standard InChI is InChI=1S/C20H33NO7/c1-19(2,27-15-12-20(3,4)26-14-6-5-13-22)11-7-8-18(25)28-21-16(23)9-10-17(21)24/h13H,5-12,14-15H2,1-4H3. The van der Waals surface area contributed by atoms with Gasteiger partial charge in [0.2, 0.25) is 0 Å². The Bertz CT molecular complexity index is 541. The highest BCUT2D eigenvalue weighted by Crippen LogP contribution is 2.22. The van der Waals surface area contributed by atoms with Crippen molar-refractivity contribution >= 4 is 24.1 Å². The second-order valence-electron chi connectivity index (χ2n) is 8.17. The van der Waals surface area contributed by atoms with Crippen LogP contribution in [-0.4, -0.2) is 53.5 Å². The molecule has 8 heteroatoms. The molecule has 1 rings (SSSR count). The third-order valence-corrected chi connectivity index (χ3v) is 4.51. The maximum Gasteiger partial charge on any atom is 0.333 e. The molecule has 2 amide bonds. The van der Waals surface area contributed by atoms with Gasteiger partial charge in [-0.3, -0.25) is 9.59 Å². The van der Waals surface area contributed by atoms with E-state index in [9.17, 15) is 19.2 Å². The first-order valence-electron chi connectivity index (χ1n) is 9.84. The van der Waals surface area contributed by atoms with Gasteiger partial charge in [0, 0.05) is 32.3 Å². The molecule has 28 heavy (non-hydrogen) atoms. The molecule has 0 saturated carbocycles. The first-order valence-corrected chi connectivity index (χ1v) is 9.84. The minimum Gasteiger partial charge on any atom is -0.375 e. The van der Waals surface area contributed by atoms with E-state index in [1.807, 2.05) is 27.7 Å². The van der Waals surface area contributed by atoms with E-state index in [2.05, 4.69) is 0 Å². The maximum atomic E-state index is 11.8. The number of carbonyl (C=O) groups is 4. The molecule has 0 spiro atoms. The minimum atomic E-state index is -0.593. The number of nitrogens with zero attached hydrogens (tertiary/aromatic N) is 1. The molecule has 0 aromatic rings. The van der Waals surface area contributed by atoms with Crippen molar-refractivity contribution in [3.8, 4) is 0 Å². The van der Waals surface area contributed by atoms with E-state index in [1.54, 1.807) is 0 Å². The zero-order valence-corrected chi connectivity index (χ0v) is 17.5. The van der Waals surface area contributed by atoms with Gasteiger partial charge in [-0.2, -0.15) is 0 Å². The van der Waals surface area contributed by atoms with Crippen molar-refractivity contribution in [1.82, 2.24) is 5.06 Å². The van der Waals surface area contributed by atoms with Gasteiger partial charge in [0.05, 0.1) is 17.8 Å². The van der Waals surface area contributed by atoms with E-state index < -0.39 is 23.4 Å². The Morgan fingerprint density at radius 1 is 0.964 bits per heavy atom. The van der Waals surface area contributed by atoms with Crippen molar-refractivity contribution in [2.75, 3.05) is 13.2 Å². The van der Waals surface area contributed by atoms with Crippen LogP contribution in [0.4, 0.5) is 0 Å². The number of hydrogen-bond donors (Lipinski definition) is 0. The second kappa shape index (κ2) is 11.3. The molecule has 0 aliphatic carbocycles. The summed E-state index contributed by atoms with van der Waals surface area (Å²) in [6.07, 6.45) is 4.24. The van der Waals surface area contributed by atoms with Crippen molar-refractivity contribution in [2.24, 2.45) is 0 Å². The minimum absolute atomic E-state index is 0.0874. The first kappa shape index (κ1) is 24.2. The number of aldehydes is 1. The maximum absolute atomic E-state index is 11.8. The first-order chi connectivity index (χ1) is 13.1. The van der Waals surface area contributed by atoms with Crippen LogP contribution in [0.5, 0.6) is 0 Å². The summed E-state index contributed by atoms with van der Waals surface area (Å²) >= 11 is 0. The predicted molar refractivity (Wildman–Crippen MR) is 101 cm³/mol. The lowest BCUT2D eigenvalue weighted by Crippen LogP contribution is -2.32. The number of hydrogen-bond acceptors (Lipinski definition) is 7. The zero-order valence-electron chi connectivity index (χ0n) is 17.5. The lowest BCUT2D eigenvalue weighted by molar-refractivity contribution is -0.197. The van der Waals surface area contributed by atoms with Gasteiger partial charge in [-0.05, 0) is 53.4 Å². The quantitative estimate of drug-likeness (QED) is 0.251. The Balaban J connectivity index is 2.22. The molecule has 0 N–H and O–H groups in total. The Hall–Kier alpha value is -1.80. The molecule has 1 aliphatic heterocycles. The molecule has 8 nitrogen and oxygen atoms in total. The lowest BCUT2D eigenvalue weighted by Gasteiger charge is -2.29. The highest BCUT2D eigenvalue weighted by Gasteiger charge is 2.32. The molecule has 0 atom stereocenters. The van der Waals surface area contributed by atoms with Crippen molar-refractivity contribution in [3.63, 3.8) is 0 Å². The molecule has 0 radical (unpaired) electrons. The number of rotatable bonds is 14. The Morgan fingerprint density at radius 2 is 1.54 bits per heavy atom. The van der Waals surface area contributed by atoms with Gasteiger partial charge in [-0.25, -0.2) is 4.79 Å². The Kier molecular flexibility index (Phi) is 9.75. The number of hydroxylamine groups is 2. The average Bonchev–Trinajstić information content (AvgIpc) is 2.90. The normalized spacial score (nSPS) is 15.2. The summed E-state index contributed by atoms with van der Waals surface area (Å²) in [6.45, 7) is 8.92. The summed E-state index contributed by atoms with van der Waals surface area (Å²) in [4.78, 5) is 49.9. The van der Waals surface area contributed by atoms with Gasteiger partial charge in [0.15, 0.2) is 0 Å². The molecule has 0 aromatic heterocycles. The van der Waals surface area contributed by atoms with E-state index in [0.717, 1.165) is 6.29 Å². The fourth-order valence-corrected chi connectivity index (χ4v) is 2.70. The van der Waals surface area contributed by atoms with E-state index in [-0.39, 0.29) is 24.9 Å². The molecule has 1 aliphatic rings. The van der Waals surface area contributed by atoms with Gasteiger partial charge >= 0.3 is 5.97 Å². The highest BCUT2D eigenvalue weighted by molar-refractivity contribution is 6.01. The summed E-state index contributed by atoms with van der Waals surface area (Å²) < 4.78 is 11.7. The van der Waals surface area contributed by atoms with E-state index in [4.69, 9.17) is 14.3 Å². The van der Waals surface area contributed by atoms with Crippen LogP contribution in [0.3, 0.4) is 0 Å². The molecule has 1 saturated heterocycles. The summed E-state index contributed by atoms with van der Waals surface area (Å²) in [5.74, 6) is -1.54. The molecular formula is C20H33NO7. The summed E-state index contributed by atoms with van der Waals surface area (Å²) in [5, 5.41) is 0.571. The van der Waals surface area contributed by atoms with Gasteiger partial charge in [-0.15, -0.1) is 5.06 Å². The average molecular weight is 399 g/mol. The molecule has 160 valence electrons. The number of imide groups is 1. The summed E-state index contributed by atoms with van der Waals surface area (Å²) in [6, 6.07) is 0. The summed E-state index contributed by atoms with van der Waals surface area (Å²) in [7, 11) is 0. The number of unbranched alkanes of at least 4 members (excludes halogenated alkanes) is 1. The van der Waals surface area contributed by atoms with Crippen LogP contribution in [0.1, 0.15) is 79.1 Å². The fraction of sp³-hybridized carbons (Fsp3) is 0.800. The van der Waals surface area contributed by atoms with Crippen molar-refractivity contribution in [1.29, 1.82) is 0 Å². The van der Waals surface area contributed by atoms with Crippen LogP contribution in [-0.2, 0) is 33.5 Å². The van der Waals surface area contributed by atoms with Crippen LogP contribution >= 0.6 is 0 Å². The van der Waals surface area contributed by atoms with Crippen molar-refractivity contribution in [3.05, 3.63) is 0 Å². The van der Waals surface area contributed by atoms with Gasteiger partial charge < -0.3 is 19.1 Å². The Morgan fingerprint density at radius 3 is 2.14 bits per heavy atom. The summed E-state index contributed by atoms with van der Waals surface area (Å²) in [5.41, 5.74) is -0.759. The molecule has 1 fully saturated rings. The van der Waals surface area contributed by atoms with E-state index >= 15 is 0 Å². The third-order valence-electron chi connectivity index (χ3n) is 4.51. The number of amides is 2. The van der Waals surface area contributed by atoms with Gasteiger partial charge in [0.1, 0.15) is 6.29 Å². The molecule has 0 unspecified atom stereocenters. The van der Waals surface area contributed by atoms with Gasteiger partial charge in [-0.1, -0.05) is 0 Å². The molecule has 1 heterocycles. The Labute approximate surface area is 166 Å². The monoisotopic (exact) mass is 399 g/mol. The van der Waals surface area contributed by atoms with E-state index in [0.29, 0.717) is 50.4 Å². The zero-order chi connectivity index (χ0) is 21.2. The fourth-order valence-electron chi connectivity index (χ4n) is 2.70. The van der Waals surface area contributed by atoms with Gasteiger partial charge in [0.25, 0.3) is 11.8 Å². The molecular weight excluding hydrogens is 366 g/mol. The molecule has 0 aromatic carbocycles. The number of carbonyl (C=O) groups excluding carboxylic acids is 4. The topological polar surface area (TPSA) is 99.2 Å². The third kappa shape index (κ3) is 9.41. The van der Waals surface area contributed by atoms with Crippen LogP contribution in [0.25, 0.3) is 0 Å². The van der Waals surface area contributed by atoms with Crippen LogP contribution in [0.15, 0.2) is 0 Å². The number of ether oxygens (including phenoxy) is 2. The van der Waals surface area contributed by atoms with Crippen LogP contribution in [0.2, 0.25) is 0 Å².